The Kier molecular flexibility index (Phi) is 6.95. The predicted octanol–water partition coefficient (Wildman–Crippen LogP) is 3.23. The normalized spacial score (nSPS) is 13.2. The molecule has 2 nitrogen and oxygen atoms in total. The topological polar surface area (TPSA) is 15.3 Å². The van der Waals surface area contributed by atoms with Crippen LogP contribution in [-0.2, 0) is 0 Å². The zero-order chi connectivity index (χ0) is 14.3. The number of nitrogens with one attached hydrogen (secondary N) is 1. The molecule has 0 saturated carbocycles. The van der Waals surface area contributed by atoms with Crippen molar-refractivity contribution in [3.8, 4) is 0 Å². The maximum absolute atomic E-state index is 12.4. The second-order valence-electron chi connectivity index (χ2n) is 5.03. The average Bonchev–Trinajstić information content (AvgIpc) is 2.33. The third-order valence-corrected chi connectivity index (χ3v) is 3.03. The minimum absolute atomic E-state index is 0.101. The van der Waals surface area contributed by atoms with Crippen LogP contribution in [0.15, 0.2) is 24.3 Å². The van der Waals surface area contributed by atoms with Gasteiger partial charge in [-0.1, -0.05) is 36.8 Å². The standard InChI is InChI=1S/C15H24F2N2/c1-4-8-18-14(10-19(3)11-15(16)17)13-7-5-6-12(2)9-13/h5-7,9,14-15,18H,4,8,10-11H2,1-3H3. The highest BCUT2D eigenvalue weighted by Crippen LogP contribution is 2.16. The van der Waals surface area contributed by atoms with Crippen LogP contribution in [0.25, 0.3) is 0 Å². The molecule has 0 fully saturated rings. The van der Waals surface area contributed by atoms with Crippen LogP contribution in [-0.4, -0.2) is 38.0 Å². The van der Waals surface area contributed by atoms with Crippen molar-refractivity contribution >= 4 is 0 Å². The van der Waals surface area contributed by atoms with Crippen LogP contribution in [0.3, 0.4) is 0 Å². The summed E-state index contributed by atoms with van der Waals surface area (Å²) in [5, 5.41) is 3.43. The molecule has 1 rings (SSSR count). The molecule has 1 unspecified atom stereocenters. The Morgan fingerprint density at radius 3 is 2.58 bits per heavy atom. The van der Waals surface area contributed by atoms with Crippen molar-refractivity contribution in [3.63, 3.8) is 0 Å². The molecule has 1 aromatic carbocycles. The summed E-state index contributed by atoms with van der Waals surface area (Å²) in [6.07, 6.45) is -1.25. The first-order valence-corrected chi connectivity index (χ1v) is 6.79. The van der Waals surface area contributed by atoms with Gasteiger partial charge in [-0.05, 0) is 32.5 Å². The lowest BCUT2D eigenvalue weighted by molar-refractivity contribution is 0.0958. The van der Waals surface area contributed by atoms with Gasteiger partial charge in [0, 0.05) is 12.6 Å². The molecule has 4 heteroatoms. The highest BCUT2D eigenvalue weighted by atomic mass is 19.3. The smallest absolute Gasteiger partial charge is 0.251 e. The van der Waals surface area contributed by atoms with E-state index in [2.05, 4.69) is 24.4 Å². The zero-order valence-electron chi connectivity index (χ0n) is 12.0. The highest BCUT2D eigenvalue weighted by molar-refractivity contribution is 5.25. The summed E-state index contributed by atoms with van der Waals surface area (Å²) in [5.41, 5.74) is 2.35. The van der Waals surface area contributed by atoms with Crippen LogP contribution in [0.4, 0.5) is 8.78 Å². The Morgan fingerprint density at radius 1 is 1.26 bits per heavy atom. The van der Waals surface area contributed by atoms with Crippen molar-refractivity contribution < 1.29 is 8.78 Å². The zero-order valence-corrected chi connectivity index (χ0v) is 12.0. The van der Waals surface area contributed by atoms with E-state index in [9.17, 15) is 8.78 Å². The molecule has 1 N–H and O–H groups in total. The molecule has 19 heavy (non-hydrogen) atoms. The van der Waals surface area contributed by atoms with Crippen molar-refractivity contribution in [3.05, 3.63) is 35.4 Å². The third kappa shape index (κ3) is 6.12. The minimum Gasteiger partial charge on any atom is -0.309 e. The van der Waals surface area contributed by atoms with E-state index in [0.29, 0.717) is 6.54 Å². The summed E-state index contributed by atoms with van der Waals surface area (Å²) in [7, 11) is 1.74. The lowest BCUT2D eigenvalue weighted by Crippen LogP contribution is -2.35. The summed E-state index contributed by atoms with van der Waals surface area (Å²) >= 11 is 0. The first-order chi connectivity index (χ1) is 9.02. The Balaban J connectivity index is 2.71. The summed E-state index contributed by atoms with van der Waals surface area (Å²) in [5.74, 6) is 0. The van der Waals surface area contributed by atoms with Crippen molar-refractivity contribution in [1.82, 2.24) is 10.2 Å². The summed E-state index contributed by atoms with van der Waals surface area (Å²) in [6.45, 7) is 5.44. The second kappa shape index (κ2) is 8.23. The molecule has 0 aliphatic rings. The largest absolute Gasteiger partial charge is 0.309 e. The number of aryl methyl sites for hydroxylation is 1. The number of benzene rings is 1. The molecule has 0 bridgehead atoms. The predicted molar refractivity (Wildman–Crippen MR) is 75.7 cm³/mol. The lowest BCUT2D eigenvalue weighted by atomic mass is 10.0. The first-order valence-electron chi connectivity index (χ1n) is 6.79. The number of alkyl halides is 2. The number of nitrogens with zero attached hydrogens (tertiary/aromatic N) is 1. The second-order valence-corrected chi connectivity index (χ2v) is 5.03. The van der Waals surface area contributed by atoms with E-state index < -0.39 is 6.43 Å². The monoisotopic (exact) mass is 270 g/mol. The SMILES string of the molecule is CCCNC(CN(C)CC(F)F)c1cccc(C)c1. The fourth-order valence-corrected chi connectivity index (χ4v) is 2.12. The summed E-state index contributed by atoms with van der Waals surface area (Å²) < 4.78 is 24.8. The molecule has 1 aromatic rings. The van der Waals surface area contributed by atoms with Crippen LogP contribution < -0.4 is 5.32 Å². The van der Waals surface area contributed by atoms with Gasteiger partial charge in [-0.2, -0.15) is 0 Å². The molecule has 108 valence electrons. The van der Waals surface area contributed by atoms with Gasteiger partial charge in [-0.25, -0.2) is 8.78 Å². The maximum Gasteiger partial charge on any atom is 0.251 e. The molecular formula is C15H24F2N2. The van der Waals surface area contributed by atoms with Gasteiger partial charge < -0.3 is 5.32 Å². The molecular weight excluding hydrogens is 246 g/mol. The maximum atomic E-state index is 12.4. The third-order valence-electron chi connectivity index (χ3n) is 3.03. The van der Waals surface area contributed by atoms with Crippen LogP contribution in [0.1, 0.15) is 30.5 Å². The van der Waals surface area contributed by atoms with Crippen molar-refractivity contribution in [2.45, 2.75) is 32.7 Å². The van der Waals surface area contributed by atoms with Crippen LogP contribution in [0.5, 0.6) is 0 Å². The fraction of sp³-hybridized carbons (Fsp3) is 0.600. The van der Waals surface area contributed by atoms with E-state index in [1.165, 1.54) is 5.56 Å². The van der Waals surface area contributed by atoms with E-state index in [1.54, 1.807) is 11.9 Å². The molecule has 0 aliphatic heterocycles. The number of hydrogen-bond acceptors (Lipinski definition) is 2. The van der Waals surface area contributed by atoms with Gasteiger partial charge in [0.25, 0.3) is 6.43 Å². The quantitative estimate of drug-likeness (QED) is 0.780. The fourth-order valence-electron chi connectivity index (χ4n) is 2.12. The summed E-state index contributed by atoms with van der Waals surface area (Å²) in [4.78, 5) is 1.68. The molecule has 0 aromatic heterocycles. The summed E-state index contributed by atoms with van der Waals surface area (Å²) in [6, 6.07) is 8.32. The number of hydrogen-bond donors (Lipinski definition) is 1. The Hall–Kier alpha value is -1.00. The Morgan fingerprint density at radius 2 is 2.00 bits per heavy atom. The van der Waals surface area contributed by atoms with E-state index in [-0.39, 0.29) is 12.6 Å². The van der Waals surface area contributed by atoms with Crippen molar-refractivity contribution in [1.29, 1.82) is 0 Å². The molecule has 0 saturated heterocycles. The molecule has 1 atom stereocenters. The molecule has 0 amide bonds. The molecule has 0 aliphatic carbocycles. The van der Waals surface area contributed by atoms with Crippen LogP contribution >= 0.6 is 0 Å². The van der Waals surface area contributed by atoms with Crippen molar-refractivity contribution in [2.75, 3.05) is 26.7 Å². The van der Waals surface area contributed by atoms with E-state index in [0.717, 1.165) is 18.5 Å². The van der Waals surface area contributed by atoms with E-state index >= 15 is 0 Å². The van der Waals surface area contributed by atoms with Gasteiger partial charge in [0.15, 0.2) is 0 Å². The highest BCUT2D eigenvalue weighted by Gasteiger charge is 2.15. The van der Waals surface area contributed by atoms with Gasteiger partial charge in [-0.3, -0.25) is 4.90 Å². The number of likely N-dealkylation sites (N-methyl/N-ethyl adjacent to an activating group) is 1. The lowest BCUT2D eigenvalue weighted by Gasteiger charge is -2.25. The Labute approximate surface area is 114 Å². The molecule has 0 radical (unpaired) electrons. The van der Waals surface area contributed by atoms with Crippen molar-refractivity contribution in [2.24, 2.45) is 0 Å². The van der Waals surface area contributed by atoms with Gasteiger partial charge in [0.2, 0.25) is 0 Å². The van der Waals surface area contributed by atoms with Gasteiger partial charge in [0.1, 0.15) is 0 Å². The number of halogens is 2. The number of rotatable bonds is 8. The van der Waals surface area contributed by atoms with E-state index in [4.69, 9.17) is 0 Å². The minimum atomic E-state index is -2.28. The average molecular weight is 270 g/mol. The first kappa shape index (κ1) is 16.1. The molecule has 0 spiro atoms. The van der Waals surface area contributed by atoms with Crippen LogP contribution in [0, 0.1) is 6.92 Å². The van der Waals surface area contributed by atoms with E-state index in [1.807, 2.05) is 19.1 Å². The van der Waals surface area contributed by atoms with Gasteiger partial charge >= 0.3 is 0 Å². The van der Waals surface area contributed by atoms with Gasteiger partial charge in [0.05, 0.1) is 6.54 Å². The molecule has 0 heterocycles. The Bertz CT molecular complexity index is 369. The van der Waals surface area contributed by atoms with Gasteiger partial charge in [-0.15, -0.1) is 0 Å². The van der Waals surface area contributed by atoms with Crippen LogP contribution in [0.2, 0.25) is 0 Å².